The van der Waals surface area contributed by atoms with Crippen molar-refractivity contribution in [2.24, 2.45) is 0 Å². The van der Waals surface area contributed by atoms with Gasteiger partial charge in [0.2, 0.25) is 5.89 Å². The fourth-order valence-corrected chi connectivity index (χ4v) is 2.75. The summed E-state index contributed by atoms with van der Waals surface area (Å²) < 4.78 is 5.46. The van der Waals surface area contributed by atoms with Gasteiger partial charge >= 0.3 is 6.01 Å². The van der Waals surface area contributed by atoms with Crippen LogP contribution in [-0.4, -0.2) is 59.3 Å². The van der Waals surface area contributed by atoms with Crippen molar-refractivity contribution in [1.82, 2.24) is 20.4 Å². The molecule has 1 aromatic rings. The van der Waals surface area contributed by atoms with Crippen molar-refractivity contribution in [1.29, 1.82) is 0 Å². The number of nitrogens with one attached hydrogen (secondary N) is 2. The molecule has 6 nitrogen and oxygen atoms in total. The van der Waals surface area contributed by atoms with Crippen LogP contribution in [0.3, 0.4) is 0 Å². The fourth-order valence-electron chi connectivity index (χ4n) is 1.77. The second-order valence-electron chi connectivity index (χ2n) is 4.16. The van der Waals surface area contributed by atoms with E-state index in [-0.39, 0.29) is 0 Å². The summed E-state index contributed by atoms with van der Waals surface area (Å²) in [6.45, 7) is 7.84. The standard InChI is InChI=1S/C11H21N5OS/c1-2-12-9-10-14-15-11(17-10)13-3-4-16-5-7-18-8-6-16/h12H,2-9H2,1H3,(H,13,15). The maximum atomic E-state index is 5.46. The first-order chi connectivity index (χ1) is 8.88. The summed E-state index contributed by atoms with van der Waals surface area (Å²) in [7, 11) is 0. The van der Waals surface area contributed by atoms with Crippen molar-refractivity contribution < 1.29 is 4.42 Å². The molecule has 0 unspecified atom stereocenters. The summed E-state index contributed by atoms with van der Waals surface area (Å²) >= 11 is 2.03. The van der Waals surface area contributed by atoms with Crippen molar-refractivity contribution in [2.45, 2.75) is 13.5 Å². The molecule has 1 aliphatic heterocycles. The molecule has 102 valence electrons. The van der Waals surface area contributed by atoms with Gasteiger partial charge in [-0.15, -0.1) is 5.10 Å². The quantitative estimate of drug-likeness (QED) is 0.754. The smallest absolute Gasteiger partial charge is 0.315 e. The first kappa shape index (κ1) is 13.6. The second-order valence-corrected chi connectivity index (χ2v) is 5.39. The van der Waals surface area contributed by atoms with E-state index in [0.29, 0.717) is 18.5 Å². The molecule has 0 amide bonds. The van der Waals surface area contributed by atoms with E-state index in [4.69, 9.17) is 4.42 Å². The topological polar surface area (TPSA) is 66.2 Å². The van der Waals surface area contributed by atoms with Crippen LogP contribution in [0.2, 0.25) is 0 Å². The lowest BCUT2D eigenvalue weighted by Crippen LogP contribution is -2.36. The second kappa shape index (κ2) is 7.60. The molecule has 2 heterocycles. The zero-order chi connectivity index (χ0) is 12.6. The van der Waals surface area contributed by atoms with E-state index in [9.17, 15) is 0 Å². The van der Waals surface area contributed by atoms with Crippen LogP contribution in [0.1, 0.15) is 12.8 Å². The maximum Gasteiger partial charge on any atom is 0.315 e. The van der Waals surface area contributed by atoms with Gasteiger partial charge in [0.05, 0.1) is 6.54 Å². The molecule has 0 aromatic carbocycles. The summed E-state index contributed by atoms with van der Waals surface area (Å²) in [6, 6.07) is 0.522. The highest BCUT2D eigenvalue weighted by Crippen LogP contribution is 2.09. The van der Waals surface area contributed by atoms with Gasteiger partial charge in [-0.25, -0.2) is 0 Å². The predicted octanol–water partition coefficient (Wildman–Crippen LogP) is 0.640. The highest BCUT2D eigenvalue weighted by atomic mass is 32.2. The molecule has 2 N–H and O–H groups in total. The Hall–Kier alpha value is -0.790. The first-order valence-electron chi connectivity index (χ1n) is 6.45. The summed E-state index contributed by atoms with van der Waals surface area (Å²) in [5, 5.41) is 14.2. The van der Waals surface area contributed by atoms with Gasteiger partial charge in [0.25, 0.3) is 0 Å². The minimum atomic E-state index is 0.522. The fraction of sp³-hybridized carbons (Fsp3) is 0.818. The molecule has 1 aromatic heterocycles. The van der Waals surface area contributed by atoms with Gasteiger partial charge in [0.15, 0.2) is 0 Å². The lowest BCUT2D eigenvalue weighted by Gasteiger charge is -2.25. The number of anilines is 1. The normalized spacial score (nSPS) is 16.9. The van der Waals surface area contributed by atoms with Crippen molar-refractivity contribution in [3.63, 3.8) is 0 Å². The molecule has 0 aliphatic carbocycles. The molecule has 0 spiro atoms. The van der Waals surface area contributed by atoms with Crippen LogP contribution < -0.4 is 10.6 Å². The van der Waals surface area contributed by atoms with E-state index in [1.165, 1.54) is 24.6 Å². The Kier molecular flexibility index (Phi) is 5.76. The van der Waals surface area contributed by atoms with Crippen molar-refractivity contribution in [3.8, 4) is 0 Å². The largest absolute Gasteiger partial charge is 0.407 e. The van der Waals surface area contributed by atoms with Crippen molar-refractivity contribution >= 4 is 17.8 Å². The molecule has 1 aliphatic rings. The lowest BCUT2D eigenvalue weighted by molar-refractivity contribution is 0.313. The Morgan fingerprint density at radius 2 is 2.17 bits per heavy atom. The van der Waals surface area contributed by atoms with Crippen LogP contribution in [0.25, 0.3) is 0 Å². The average molecular weight is 271 g/mol. The minimum Gasteiger partial charge on any atom is -0.407 e. The van der Waals surface area contributed by atoms with E-state index in [1.807, 2.05) is 18.7 Å². The van der Waals surface area contributed by atoms with Crippen LogP contribution in [0.5, 0.6) is 0 Å². The molecule has 0 atom stereocenters. The number of aromatic nitrogens is 2. The van der Waals surface area contributed by atoms with Crippen LogP contribution in [-0.2, 0) is 6.54 Å². The molecule has 1 saturated heterocycles. The van der Waals surface area contributed by atoms with E-state index in [1.54, 1.807) is 0 Å². The monoisotopic (exact) mass is 271 g/mol. The van der Waals surface area contributed by atoms with Gasteiger partial charge < -0.3 is 15.1 Å². The van der Waals surface area contributed by atoms with Crippen molar-refractivity contribution in [2.75, 3.05) is 49.5 Å². The molecule has 7 heteroatoms. The molecule has 0 saturated carbocycles. The lowest BCUT2D eigenvalue weighted by atomic mass is 10.4. The van der Waals surface area contributed by atoms with E-state index in [0.717, 1.165) is 19.6 Å². The van der Waals surface area contributed by atoms with Gasteiger partial charge in [0, 0.05) is 37.7 Å². The Morgan fingerprint density at radius 3 is 2.94 bits per heavy atom. The third kappa shape index (κ3) is 4.47. The number of thioether (sulfide) groups is 1. The third-order valence-electron chi connectivity index (χ3n) is 2.80. The van der Waals surface area contributed by atoms with Crippen LogP contribution in [0.15, 0.2) is 4.42 Å². The maximum absolute atomic E-state index is 5.46. The number of nitrogens with zero attached hydrogens (tertiary/aromatic N) is 3. The summed E-state index contributed by atoms with van der Waals surface area (Å²) in [4.78, 5) is 2.46. The molecular formula is C11H21N5OS. The van der Waals surface area contributed by atoms with E-state index >= 15 is 0 Å². The Bertz CT molecular complexity index is 340. The number of hydrogen-bond donors (Lipinski definition) is 2. The highest BCUT2D eigenvalue weighted by molar-refractivity contribution is 7.99. The van der Waals surface area contributed by atoms with E-state index < -0.39 is 0 Å². The zero-order valence-corrected chi connectivity index (χ0v) is 11.6. The van der Waals surface area contributed by atoms with Gasteiger partial charge in [-0.2, -0.15) is 11.8 Å². The summed E-state index contributed by atoms with van der Waals surface area (Å²) in [5.74, 6) is 3.12. The summed E-state index contributed by atoms with van der Waals surface area (Å²) in [6.07, 6.45) is 0. The zero-order valence-electron chi connectivity index (χ0n) is 10.8. The SMILES string of the molecule is CCNCc1nnc(NCCN2CCSCC2)o1. The van der Waals surface area contributed by atoms with Gasteiger partial charge in [0.1, 0.15) is 0 Å². The van der Waals surface area contributed by atoms with Gasteiger partial charge in [-0.3, -0.25) is 4.90 Å². The van der Waals surface area contributed by atoms with Gasteiger partial charge in [-0.1, -0.05) is 12.0 Å². The Balaban J connectivity index is 1.64. The van der Waals surface area contributed by atoms with E-state index in [2.05, 4.69) is 25.7 Å². The molecule has 1 fully saturated rings. The Morgan fingerprint density at radius 1 is 1.33 bits per heavy atom. The number of hydrogen-bond acceptors (Lipinski definition) is 7. The molecular weight excluding hydrogens is 250 g/mol. The molecule has 0 bridgehead atoms. The first-order valence-corrected chi connectivity index (χ1v) is 7.61. The summed E-state index contributed by atoms with van der Waals surface area (Å²) in [5.41, 5.74) is 0. The van der Waals surface area contributed by atoms with Gasteiger partial charge in [-0.05, 0) is 6.54 Å². The van der Waals surface area contributed by atoms with Crippen LogP contribution in [0, 0.1) is 0 Å². The number of rotatable bonds is 7. The molecule has 18 heavy (non-hydrogen) atoms. The molecule has 0 radical (unpaired) electrons. The van der Waals surface area contributed by atoms with Crippen LogP contribution >= 0.6 is 11.8 Å². The highest BCUT2D eigenvalue weighted by Gasteiger charge is 2.10. The Labute approximate surface area is 112 Å². The van der Waals surface area contributed by atoms with Crippen LogP contribution in [0.4, 0.5) is 6.01 Å². The minimum absolute atomic E-state index is 0.522. The molecule has 2 rings (SSSR count). The van der Waals surface area contributed by atoms with Crippen molar-refractivity contribution in [3.05, 3.63) is 5.89 Å². The predicted molar refractivity (Wildman–Crippen MR) is 73.9 cm³/mol. The third-order valence-corrected chi connectivity index (χ3v) is 3.74. The average Bonchev–Trinajstić information content (AvgIpc) is 2.85.